The molecule has 1 aliphatic carbocycles. The lowest BCUT2D eigenvalue weighted by Gasteiger charge is -2.33. The maximum atomic E-state index is 12.7. The van der Waals surface area contributed by atoms with E-state index in [0.717, 1.165) is 61.7 Å². The van der Waals surface area contributed by atoms with Crippen LogP contribution in [0.2, 0.25) is 0 Å². The van der Waals surface area contributed by atoms with Gasteiger partial charge in [-0.25, -0.2) is 0 Å². The molecule has 3 aromatic rings. The van der Waals surface area contributed by atoms with Crippen LogP contribution in [0.5, 0.6) is 0 Å². The van der Waals surface area contributed by atoms with Gasteiger partial charge in [-0.1, -0.05) is 0 Å². The van der Waals surface area contributed by atoms with Crippen molar-refractivity contribution in [1.29, 1.82) is 0 Å². The fraction of sp³-hybridized carbons (Fsp3) is 0.429. The minimum atomic E-state index is -4.42. The minimum Gasteiger partial charge on any atom is -0.353 e. The smallest absolute Gasteiger partial charge is 0.353 e. The summed E-state index contributed by atoms with van der Waals surface area (Å²) in [5.74, 6) is 1.73. The molecule has 1 aromatic carbocycles. The molecule has 1 saturated carbocycles. The molecule has 0 bridgehead atoms. The van der Waals surface area contributed by atoms with Gasteiger partial charge in [-0.2, -0.15) is 17.7 Å². The first-order valence-electron chi connectivity index (χ1n) is 10.3. The predicted molar refractivity (Wildman–Crippen MR) is 107 cm³/mol. The van der Waals surface area contributed by atoms with E-state index in [1.165, 1.54) is 12.1 Å². The van der Waals surface area contributed by atoms with Gasteiger partial charge < -0.3 is 10.2 Å². The lowest BCUT2D eigenvalue weighted by atomic mass is 10.0. The molecule has 1 unspecified atom stereocenters. The summed E-state index contributed by atoms with van der Waals surface area (Å²) in [7, 11) is 0. The number of nitrogens with zero attached hydrogens (tertiary/aromatic N) is 5. The Hall–Kier alpha value is -3.17. The summed E-state index contributed by atoms with van der Waals surface area (Å²) in [6.45, 7) is 1.39. The fourth-order valence-electron chi connectivity index (χ4n) is 3.94. The van der Waals surface area contributed by atoms with Gasteiger partial charge in [-0.3, -0.25) is 4.79 Å². The number of anilines is 1. The highest BCUT2D eigenvalue weighted by Crippen LogP contribution is 2.38. The molecule has 1 saturated heterocycles. The molecule has 2 aliphatic rings. The molecule has 1 N–H and O–H groups in total. The number of benzene rings is 1. The third-order valence-electron chi connectivity index (χ3n) is 5.77. The summed E-state index contributed by atoms with van der Waals surface area (Å²) in [5.41, 5.74) is 0.159. The van der Waals surface area contributed by atoms with Crippen LogP contribution in [0.15, 0.2) is 36.4 Å². The average Bonchev–Trinajstić information content (AvgIpc) is 3.52. The molecule has 2 aromatic heterocycles. The van der Waals surface area contributed by atoms with Crippen LogP contribution in [0.4, 0.5) is 19.0 Å². The Morgan fingerprint density at radius 2 is 1.81 bits per heavy atom. The Kier molecular flexibility index (Phi) is 4.79. The summed E-state index contributed by atoms with van der Waals surface area (Å²) in [4.78, 5) is 14.6. The molecule has 2 fully saturated rings. The van der Waals surface area contributed by atoms with Crippen LogP contribution in [-0.2, 0) is 6.18 Å². The van der Waals surface area contributed by atoms with Crippen molar-refractivity contribution in [1.82, 2.24) is 25.1 Å². The molecule has 1 atom stereocenters. The summed E-state index contributed by atoms with van der Waals surface area (Å²) in [6, 6.07) is 7.95. The van der Waals surface area contributed by atoms with Crippen LogP contribution >= 0.6 is 0 Å². The SMILES string of the molecule is O=C(NC1CCCN(c2ccc3nnc(C4CC4)n3n2)C1)c1ccc(C(F)(F)F)cc1. The van der Waals surface area contributed by atoms with E-state index in [-0.39, 0.29) is 17.5 Å². The number of hydrogen-bond acceptors (Lipinski definition) is 5. The maximum Gasteiger partial charge on any atom is 0.416 e. The number of carbonyl (C=O) groups excluding carboxylic acids is 1. The van der Waals surface area contributed by atoms with Crippen molar-refractivity contribution < 1.29 is 18.0 Å². The normalized spacial score (nSPS) is 19.6. The zero-order valence-electron chi connectivity index (χ0n) is 16.6. The van der Waals surface area contributed by atoms with Crippen molar-refractivity contribution in [3.63, 3.8) is 0 Å². The first kappa shape index (κ1) is 19.8. The number of amides is 1. The van der Waals surface area contributed by atoms with Gasteiger partial charge in [0.05, 0.1) is 5.56 Å². The first-order valence-corrected chi connectivity index (χ1v) is 10.3. The summed E-state index contributed by atoms with van der Waals surface area (Å²) < 4.78 is 40.0. The molecule has 5 rings (SSSR count). The average molecular weight is 430 g/mol. The molecule has 1 amide bonds. The number of alkyl halides is 3. The fourth-order valence-corrected chi connectivity index (χ4v) is 3.94. The molecular weight excluding hydrogens is 409 g/mol. The molecule has 31 heavy (non-hydrogen) atoms. The monoisotopic (exact) mass is 430 g/mol. The van der Waals surface area contributed by atoms with E-state index < -0.39 is 11.7 Å². The van der Waals surface area contributed by atoms with E-state index in [4.69, 9.17) is 5.10 Å². The Labute approximate surface area is 176 Å². The lowest BCUT2D eigenvalue weighted by Crippen LogP contribution is -2.48. The molecule has 3 heterocycles. The van der Waals surface area contributed by atoms with E-state index in [2.05, 4.69) is 20.4 Å². The number of nitrogens with one attached hydrogen (secondary N) is 1. The second kappa shape index (κ2) is 7.51. The molecule has 10 heteroatoms. The third-order valence-corrected chi connectivity index (χ3v) is 5.77. The van der Waals surface area contributed by atoms with Gasteiger partial charge in [0.1, 0.15) is 5.82 Å². The molecule has 1 aliphatic heterocycles. The number of piperidine rings is 1. The van der Waals surface area contributed by atoms with Crippen molar-refractivity contribution in [2.75, 3.05) is 18.0 Å². The largest absolute Gasteiger partial charge is 0.416 e. The van der Waals surface area contributed by atoms with Crippen molar-refractivity contribution >= 4 is 17.4 Å². The molecule has 0 spiro atoms. The third kappa shape index (κ3) is 4.06. The van der Waals surface area contributed by atoms with E-state index in [1.807, 2.05) is 12.1 Å². The van der Waals surface area contributed by atoms with Crippen LogP contribution < -0.4 is 10.2 Å². The Morgan fingerprint density at radius 3 is 2.52 bits per heavy atom. The van der Waals surface area contributed by atoms with E-state index in [9.17, 15) is 18.0 Å². The standard InChI is InChI=1S/C21H21F3N6O/c22-21(23,24)15-7-5-14(6-8-15)20(31)25-16-2-1-11-29(12-16)18-10-9-17-26-27-19(13-3-4-13)30(17)28-18/h5-10,13,16H,1-4,11-12H2,(H,25,31). The van der Waals surface area contributed by atoms with Crippen molar-refractivity contribution in [3.8, 4) is 0 Å². The highest BCUT2D eigenvalue weighted by molar-refractivity contribution is 5.94. The number of hydrogen-bond donors (Lipinski definition) is 1. The van der Waals surface area contributed by atoms with E-state index in [0.29, 0.717) is 12.5 Å². The maximum absolute atomic E-state index is 12.7. The summed E-state index contributed by atoms with van der Waals surface area (Å²) >= 11 is 0. The van der Waals surface area contributed by atoms with Gasteiger partial charge in [0, 0.05) is 30.6 Å². The Bertz CT molecular complexity index is 1110. The van der Waals surface area contributed by atoms with Crippen LogP contribution in [0.3, 0.4) is 0 Å². The Morgan fingerprint density at radius 1 is 1.03 bits per heavy atom. The van der Waals surface area contributed by atoms with Gasteiger partial charge in [0.15, 0.2) is 11.5 Å². The quantitative estimate of drug-likeness (QED) is 0.687. The van der Waals surface area contributed by atoms with Gasteiger partial charge in [-0.05, 0) is 62.1 Å². The zero-order valence-corrected chi connectivity index (χ0v) is 16.6. The van der Waals surface area contributed by atoms with Crippen molar-refractivity contribution in [2.24, 2.45) is 0 Å². The second-order valence-corrected chi connectivity index (χ2v) is 8.13. The van der Waals surface area contributed by atoms with Crippen LogP contribution in [0.1, 0.15) is 53.3 Å². The highest BCUT2D eigenvalue weighted by Gasteiger charge is 2.31. The number of aromatic nitrogens is 4. The number of carbonyl (C=O) groups is 1. The molecule has 7 nitrogen and oxygen atoms in total. The molecular formula is C21H21F3N6O. The Balaban J connectivity index is 1.27. The number of rotatable bonds is 4. The topological polar surface area (TPSA) is 75.4 Å². The first-order chi connectivity index (χ1) is 14.9. The number of fused-ring (bicyclic) bond motifs is 1. The van der Waals surface area contributed by atoms with Gasteiger partial charge in [-0.15, -0.1) is 15.3 Å². The molecule has 0 radical (unpaired) electrons. The van der Waals surface area contributed by atoms with E-state index >= 15 is 0 Å². The minimum absolute atomic E-state index is 0.121. The van der Waals surface area contributed by atoms with Crippen LogP contribution in [0, 0.1) is 0 Å². The van der Waals surface area contributed by atoms with Crippen LogP contribution in [0.25, 0.3) is 5.65 Å². The van der Waals surface area contributed by atoms with Crippen molar-refractivity contribution in [2.45, 2.75) is 43.8 Å². The second-order valence-electron chi connectivity index (χ2n) is 8.13. The van der Waals surface area contributed by atoms with Gasteiger partial charge in [0.25, 0.3) is 5.91 Å². The summed E-state index contributed by atoms with van der Waals surface area (Å²) in [6.07, 6.45) is -0.541. The summed E-state index contributed by atoms with van der Waals surface area (Å²) in [5, 5.41) is 16.1. The number of halogens is 3. The van der Waals surface area contributed by atoms with E-state index in [1.54, 1.807) is 4.52 Å². The molecule has 162 valence electrons. The van der Waals surface area contributed by atoms with Gasteiger partial charge >= 0.3 is 6.18 Å². The predicted octanol–water partition coefficient (Wildman–Crippen LogP) is 3.42. The van der Waals surface area contributed by atoms with Crippen LogP contribution in [-0.4, -0.2) is 44.8 Å². The lowest BCUT2D eigenvalue weighted by molar-refractivity contribution is -0.137. The van der Waals surface area contributed by atoms with Crippen molar-refractivity contribution in [3.05, 3.63) is 53.3 Å². The van der Waals surface area contributed by atoms with Gasteiger partial charge in [0.2, 0.25) is 0 Å². The highest BCUT2D eigenvalue weighted by atomic mass is 19.4. The zero-order chi connectivity index (χ0) is 21.6.